The summed E-state index contributed by atoms with van der Waals surface area (Å²) < 4.78 is 5.23. The summed E-state index contributed by atoms with van der Waals surface area (Å²) in [5.41, 5.74) is 2.08. The maximum atomic E-state index is 5.23. The molecule has 0 amide bonds. The van der Waals surface area contributed by atoms with Crippen LogP contribution in [0.1, 0.15) is 32.6 Å². The van der Waals surface area contributed by atoms with E-state index < -0.39 is 0 Å². The van der Waals surface area contributed by atoms with E-state index in [0.29, 0.717) is 11.9 Å². The Hall–Kier alpha value is -1.84. The Morgan fingerprint density at radius 2 is 2.16 bits per heavy atom. The minimum atomic E-state index is 0.514. The van der Waals surface area contributed by atoms with Gasteiger partial charge in [-0.1, -0.05) is 18.9 Å². The van der Waals surface area contributed by atoms with E-state index in [-0.39, 0.29) is 0 Å². The van der Waals surface area contributed by atoms with Gasteiger partial charge in [0.05, 0.1) is 0 Å². The highest BCUT2D eigenvalue weighted by Crippen LogP contribution is 2.30. The molecule has 2 aromatic rings. The molecule has 0 bridgehead atoms. The largest absolute Gasteiger partial charge is 0.423 e. The first-order valence-corrected chi connectivity index (χ1v) is 6.96. The van der Waals surface area contributed by atoms with E-state index in [0.717, 1.165) is 17.2 Å². The summed E-state index contributed by atoms with van der Waals surface area (Å²) in [6, 6.07) is 8.67. The number of rotatable bonds is 4. The van der Waals surface area contributed by atoms with Crippen LogP contribution in [0.5, 0.6) is 0 Å². The van der Waals surface area contributed by atoms with Crippen molar-refractivity contribution in [3.8, 4) is 11.5 Å². The molecule has 19 heavy (non-hydrogen) atoms. The number of hydrogen-bond donors (Lipinski definition) is 1. The van der Waals surface area contributed by atoms with Gasteiger partial charge in [-0.25, -0.2) is 0 Å². The highest BCUT2D eigenvalue weighted by molar-refractivity contribution is 5.61. The van der Waals surface area contributed by atoms with Crippen LogP contribution in [0.2, 0.25) is 0 Å². The SMILES string of the molecule is CC(Nc1cccc(-c2nnco2)c1)C1CCCC1. The van der Waals surface area contributed by atoms with Crippen LogP contribution in [0.3, 0.4) is 0 Å². The molecular weight excluding hydrogens is 238 g/mol. The molecule has 4 heteroatoms. The molecule has 0 radical (unpaired) electrons. The Labute approximate surface area is 113 Å². The van der Waals surface area contributed by atoms with Gasteiger partial charge in [0.25, 0.3) is 0 Å². The standard InChI is InChI=1S/C15H19N3O/c1-11(12-5-2-3-6-12)17-14-8-4-7-13(9-14)15-18-16-10-19-15/h4,7-12,17H,2-3,5-6H2,1H3. The van der Waals surface area contributed by atoms with Crippen LogP contribution in [0.15, 0.2) is 35.1 Å². The lowest BCUT2D eigenvalue weighted by atomic mass is 9.99. The molecule has 1 aliphatic rings. The van der Waals surface area contributed by atoms with E-state index in [9.17, 15) is 0 Å². The lowest BCUT2D eigenvalue weighted by Crippen LogP contribution is -2.23. The minimum Gasteiger partial charge on any atom is -0.423 e. The average molecular weight is 257 g/mol. The number of aromatic nitrogens is 2. The fraction of sp³-hybridized carbons (Fsp3) is 0.467. The van der Waals surface area contributed by atoms with Crippen molar-refractivity contribution in [2.45, 2.75) is 38.6 Å². The molecule has 0 saturated heterocycles. The number of hydrogen-bond acceptors (Lipinski definition) is 4. The summed E-state index contributed by atoms with van der Waals surface area (Å²) in [6.45, 7) is 2.27. The van der Waals surface area contributed by atoms with E-state index in [1.165, 1.54) is 32.1 Å². The molecule has 100 valence electrons. The van der Waals surface area contributed by atoms with Crippen molar-refractivity contribution in [3.63, 3.8) is 0 Å². The molecule has 1 aliphatic carbocycles. The van der Waals surface area contributed by atoms with Gasteiger partial charge >= 0.3 is 0 Å². The Balaban J connectivity index is 1.72. The summed E-state index contributed by atoms with van der Waals surface area (Å²) in [6.07, 6.45) is 6.79. The third-order valence-electron chi connectivity index (χ3n) is 3.97. The predicted molar refractivity (Wildman–Crippen MR) is 74.8 cm³/mol. The van der Waals surface area contributed by atoms with E-state index >= 15 is 0 Å². The molecule has 1 saturated carbocycles. The van der Waals surface area contributed by atoms with Crippen LogP contribution >= 0.6 is 0 Å². The topological polar surface area (TPSA) is 51.0 Å². The highest BCUT2D eigenvalue weighted by atomic mass is 16.4. The van der Waals surface area contributed by atoms with Crippen molar-refractivity contribution in [1.82, 2.24) is 10.2 Å². The summed E-state index contributed by atoms with van der Waals surface area (Å²) in [5, 5.41) is 11.3. The number of nitrogens with one attached hydrogen (secondary N) is 1. The smallest absolute Gasteiger partial charge is 0.247 e. The van der Waals surface area contributed by atoms with Crippen LogP contribution in [0, 0.1) is 5.92 Å². The Morgan fingerprint density at radius 1 is 1.32 bits per heavy atom. The Kier molecular flexibility index (Phi) is 3.49. The van der Waals surface area contributed by atoms with Gasteiger partial charge in [-0.15, -0.1) is 10.2 Å². The molecule has 1 atom stereocenters. The number of anilines is 1. The highest BCUT2D eigenvalue weighted by Gasteiger charge is 2.21. The zero-order valence-corrected chi connectivity index (χ0v) is 11.2. The number of nitrogens with zero attached hydrogens (tertiary/aromatic N) is 2. The molecule has 1 aromatic heterocycles. The monoisotopic (exact) mass is 257 g/mol. The van der Waals surface area contributed by atoms with Crippen LogP contribution in [0.25, 0.3) is 11.5 Å². The lowest BCUT2D eigenvalue weighted by molar-refractivity contribution is 0.482. The van der Waals surface area contributed by atoms with Gasteiger partial charge in [-0.05, 0) is 43.9 Å². The summed E-state index contributed by atoms with van der Waals surface area (Å²) in [5.74, 6) is 1.37. The third kappa shape index (κ3) is 2.78. The summed E-state index contributed by atoms with van der Waals surface area (Å²) in [7, 11) is 0. The van der Waals surface area contributed by atoms with Gasteiger partial charge in [0, 0.05) is 17.3 Å². The van der Waals surface area contributed by atoms with Crippen molar-refractivity contribution in [2.75, 3.05) is 5.32 Å². The first-order chi connectivity index (χ1) is 9.33. The first kappa shape index (κ1) is 12.2. The predicted octanol–water partition coefficient (Wildman–Crippen LogP) is 3.73. The van der Waals surface area contributed by atoms with Crippen LogP contribution in [-0.4, -0.2) is 16.2 Å². The first-order valence-electron chi connectivity index (χ1n) is 6.96. The van der Waals surface area contributed by atoms with Crippen molar-refractivity contribution in [1.29, 1.82) is 0 Å². The fourth-order valence-corrected chi connectivity index (χ4v) is 2.88. The van der Waals surface area contributed by atoms with Crippen LogP contribution in [0.4, 0.5) is 5.69 Å². The van der Waals surface area contributed by atoms with Crippen molar-refractivity contribution < 1.29 is 4.42 Å². The summed E-state index contributed by atoms with van der Waals surface area (Å²) in [4.78, 5) is 0. The molecule has 1 aromatic carbocycles. The van der Waals surface area contributed by atoms with Gasteiger partial charge < -0.3 is 9.73 Å². The fourth-order valence-electron chi connectivity index (χ4n) is 2.88. The van der Waals surface area contributed by atoms with Crippen LogP contribution < -0.4 is 5.32 Å². The molecule has 1 unspecified atom stereocenters. The second kappa shape index (κ2) is 5.43. The Morgan fingerprint density at radius 3 is 2.89 bits per heavy atom. The van der Waals surface area contributed by atoms with E-state index in [2.05, 4.69) is 34.6 Å². The average Bonchev–Trinajstić information content (AvgIpc) is 3.13. The normalized spacial score (nSPS) is 17.5. The van der Waals surface area contributed by atoms with Gasteiger partial charge in [-0.3, -0.25) is 0 Å². The van der Waals surface area contributed by atoms with Crippen molar-refractivity contribution >= 4 is 5.69 Å². The second-order valence-corrected chi connectivity index (χ2v) is 5.30. The third-order valence-corrected chi connectivity index (χ3v) is 3.97. The minimum absolute atomic E-state index is 0.514. The van der Waals surface area contributed by atoms with E-state index in [1.54, 1.807) is 0 Å². The zero-order chi connectivity index (χ0) is 13.1. The van der Waals surface area contributed by atoms with Gasteiger partial charge in [0.15, 0.2) is 0 Å². The molecule has 0 spiro atoms. The Bertz CT molecular complexity index is 518. The molecule has 4 nitrogen and oxygen atoms in total. The van der Waals surface area contributed by atoms with Crippen molar-refractivity contribution in [2.24, 2.45) is 5.92 Å². The maximum Gasteiger partial charge on any atom is 0.247 e. The number of benzene rings is 1. The lowest BCUT2D eigenvalue weighted by Gasteiger charge is -2.21. The molecule has 1 heterocycles. The van der Waals surface area contributed by atoms with Gasteiger partial charge in [0.1, 0.15) is 0 Å². The molecule has 0 aliphatic heterocycles. The molecule has 1 fully saturated rings. The van der Waals surface area contributed by atoms with Gasteiger partial charge in [0.2, 0.25) is 12.3 Å². The van der Waals surface area contributed by atoms with E-state index in [4.69, 9.17) is 4.42 Å². The molecular formula is C15H19N3O. The van der Waals surface area contributed by atoms with E-state index in [1.807, 2.05) is 12.1 Å². The zero-order valence-electron chi connectivity index (χ0n) is 11.2. The quantitative estimate of drug-likeness (QED) is 0.906. The molecule has 1 N–H and O–H groups in total. The second-order valence-electron chi connectivity index (χ2n) is 5.30. The van der Waals surface area contributed by atoms with Gasteiger partial charge in [-0.2, -0.15) is 0 Å². The van der Waals surface area contributed by atoms with Crippen molar-refractivity contribution in [3.05, 3.63) is 30.7 Å². The summed E-state index contributed by atoms with van der Waals surface area (Å²) >= 11 is 0. The molecule has 3 rings (SSSR count). The van der Waals surface area contributed by atoms with Crippen LogP contribution in [-0.2, 0) is 0 Å². The maximum absolute atomic E-state index is 5.23.